The fraction of sp³-hybridized carbons (Fsp3) is 0.375. The van der Waals surface area contributed by atoms with Crippen LogP contribution in [0.25, 0.3) is 0 Å². The second-order valence-electron chi connectivity index (χ2n) is 2.45. The first kappa shape index (κ1) is 10.0. The van der Waals surface area contributed by atoms with Crippen molar-refractivity contribution in [3.05, 3.63) is 16.3 Å². The van der Waals surface area contributed by atoms with E-state index >= 15 is 0 Å². The summed E-state index contributed by atoms with van der Waals surface area (Å²) in [5.41, 5.74) is 6.29. The molecule has 0 saturated heterocycles. The quantitative estimate of drug-likeness (QED) is 0.688. The van der Waals surface area contributed by atoms with E-state index in [1.807, 2.05) is 18.4 Å². The Kier molecular flexibility index (Phi) is 3.72. The van der Waals surface area contributed by atoms with E-state index in [4.69, 9.17) is 5.73 Å². The lowest BCUT2D eigenvalue weighted by molar-refractivity contribution is 0.252. The molecule has 0 saturated carbocycles. The van der Waals surface area contributed by atoms with E-state index < -0.39 is 0 Å². The molecular formula is C8H13N3OS. The van der Waals surface area contributed by atoms with Crippen LogP contribution in [0.5, 0.6) is 0 Å². The zero-order valence-corrected chi connectivity index (χ0v) is 8.28. The average Bonchev–Trinajstić information content (AvgIpc) is 2.52. The van der Waals surface area contributed by atoms with Crippen LogP contribution in [0.1, 0.15) is 11.8 Å². The second-order valence-corrected chi connectivity index (χ2v) is 3.45. The number of thiophene rings is 1. The molecule has 1 rings (SSSR count). The number of rotatable bonds is 3. The fourth-order valence-electron chi connectivity index (χ4n) is 0.937. The van der Waals surface area contributed by atoms with Gasteiger partial charge in [0.2, 0.25) is 0 Å². The van der Waals surface area contributed by atoms with E-state index in [0.29, 0.717) is 13.1 Å². The summed E-state index contributed by atoms with van der Waals surface area (Å²) < 4.78 is 0. The van der Waals surface area contributed by atoms with Crippen molar-refractivity contribution in [2.75, 3.05) is 11.9 Å². The summed E-state index contributed by atoms with van der Waals surface area (Å²) in [6, 6.07) is 1.66. The first-order chi connectivity index (χ1) is 6.27. The first-order valence-electron chi connectivity index (χ1n) is 4.09. The molecule has 0 aromatic carbocycles. The predicted molar refractivity (Wildman–Crippen MR) is 54.9 cm³/mol. The number of anilines is 1. The third-order valence-corrected chi connectivity index (χ3v) is 2.46. The van der Waals surface area contributed by atoms with Crippen LogP contribution in [0, 0.1) is 0 Å². The first-order valence-corrected chi connectivity index (χ1v) is 4.97. The van der Waals surface area contributed by atoms with Crippen LogP contribution in [0.4, 0.5) is 10.5 Å². The zero-order valence-electron chi connectivity index (χ0n) is 7.46. The summed E-state index contributed by atoms with van der Waals surface area (Å²) in [5.74, 6) is 0. The highest BCUT2D eigenvalue weighted by molar-refractivity contribution is 7.10. The molecule has 0 aliphatic carbocycles. The van der Waals surface area contributed by atoms with Gasteiger partial charge in [0.25, 0.3) is 0 Å². The van der Waals surface area contributed by atoms with Gasteiger partial charge in [0.15, 0.2) is 0 Å². The molecule has 0 aliphatic rings. The van der Waals surface area contributed by atoms with Gasteiger partial charge in [-0.05, 0) is 18.4 Å². The Balaban J connectivity index is 2.57. The molecule has 0 fully saturated rings. The van der Waals surface area contributed by atoms with E-state index in [9.17, 15) is 4.79 Å². The van der Waals surface area contributed by atoms with Gasteiger partial charge in [0.05, 0.1) is 5.69 Å². The SMILES string of the molecule is CCNC(=O)Nc1ccsc1CN. The van der Waals surface area contributed by atoms with Crippen LogP contribution in [0.15, 0.2) is 11.4 Å². The molecule has 1 aromatic heterocycles. The molecule has 4 nitrogen and oxygen atoms in total. The van der Waals surface area contributed by atoms with Crippen molar-refractivity contribution in [3.8, 4) is 0 Å². The lowest BCUT2D eigenvalue weighted by atomic mass is 10.4. The fourth-order valence-corrected chi connectivity index (χ4v) is 1.65. The smallest absolute Gasteiger partial charge is 0.319 e. The summed E-state index contributed by atoms with van der Waals surface area (Å²) in [6.07, 6.45) is 0. The van der Waals surface area contributed by atoms with Gasteiger partial charge in [-0.3, -0.25) is 0 Å². The largest absolute Gasteiger partial charge is 0.338 e. The molecule has 2 amide bonds. The second kappa shape index (κ2) is 4.84. The van der Waals surface area contributed by atoms with E-state index in [2.05, 4.69) is 10.6 Å². The molecule has 13 heavy (non-hydrogen) atoms. The summed E-state index contributed by atoms with van der Waals surface area (Å²) >= 11 is 1.54. The minimum Gasteiger partial charge on any atom is -0.338 e. The van der Waals surface area contributed by atoms with E-state index in [0.717, 1.165) is 10.6 Å². The minimum atomic E-state index is -0.185. The predicted octanol–water partition coefficient (Wildman–Crippen LogP) is 1.35. The van der Waals surface area contributed by atoms with Gasteiger partial charge in [-0.25, -0.2) is 4.79 Å². The molecule has 0 atom stereocenters. The van der Waals surface area contributed by atoms with Crippen LogP contribution < -0.4 is 16.4 Å². The Morgan fingerprint density at radius 1 is 1.69 bits per heavy atom. The molecule has 0 spiro atoms. The summed E-state index contributed by atoms with van der Waals surface area (Å²) in [7, 11) is 0. The third kappa shape index (κ3) is 2.71. The Labute approximate surface area is 81.1 Å². The van der Waals surface area contributed by atoms with Gasteiger partial charge in [0.1, 0.15) is 0 Å². The highest BCUT2D eigenvalue weighted by atomic mass is 32.1. The van der Waals surface area contributed by atoms with Gasteiger partial charge < -0.3 is 16.4 Å². The third-order valence-electron chi connectivity index (χ3n) is 1.52. The summed E-state index contributed by atoms with van der Waals surface area (Å²) in [6.45, 7) is 2.95. The van der Waals surface area contributed by atoms with Crippen molar-refractivity contribution in [1.82, 2.24) is 5.32 Å². The normalized spacial score (nSPS) is 9.69. The standard InChI is InChI=1S/C8H13N3OS/c1-2-10-8(12)11-6-3-4-13-7(6)5-9/h3-4H,2,5,9H2,1H3,(H2,10,11,12). The average molecular weight is 199 g/mol. The molecule has 4 N–H and O–H groups in total. The summed E-state index contributed by atoms with van der Waals surface area (Å²) in [5, 5.41) is 7.28. The van der Waals surface area contributed by atoms with Crippen LogP contribution in [-0.2, 0) is 6.54 Å². The monoisotopic (exact) mass is 199 g/mol. The van der Waals surface area contributed by atoms with Gasteiger partial charge >= 0.3 is 6.03 Å². The lowest BCUT2D eigenvalue weighted by Gasteiger charge is -2.05. The summed E-state index contributed by atoms with van der Waals surface area (Å²) in [4.78, 5) is 12.1. The minimum absolute atomic E-state index is 0.185. The van der Waals surface area contributed by atoms with Crippen molar-refractivity contribution in [2.45, 2.75) is 13.5 Å². The number of hydrogen-bond acceptors (Lipinski definition) is 3. The number of nitrogens with two attached hydrogens (primary N) is 1. The van der Waals surface area contributed by atoms with E-state index in [1.165, 1.54) is 0 Å². The maximum atomic E-state index is 11.1. The Morgan fingerprint density at radius 3 is 3.08 bits per heavy atom. The van der Waals surface area contributed by atoms with Crippen molar-refractivity contribution < 1.29 is 4.79 Å². The molecule has 0 bridgehead atoms. The number of hydrogen-bond donors (Lipinski definition) is 3. The lowest BCUT2D eigenvalue weighted by Crippen LogP contribution is -2.28. The van der Waals surface area contributed by atoms with E-state index in [1.54, 1.807) is 11.3 Å². The Bertz CT molecular complexity index is 285. The van der Waals surface area contributed by atoms with Gasteiger partial charge in [-0.15, -0.1) is 11.3 Å². The number of carbonyl (C=O) groups excluding carboxylic acids is 1. The molecular weight excluding hydrogens is 186 g/mol. The van der Waals surface area contributed by atoms with Crippen molar-refractivity contribution in [3.63, 3.8) is 0 Å². The van der Waals surface area contributed by atoms with Crippen LogP contribution in [0.2, 0.25) is 0 Å². The number of nitrogens with one attached hydrogen (secondary N) is 2. The van der Waals surface area contributed by atoms with Crippen molar-refractivity contribution >= 4 is 23.1 Å². The van der Waals surface area contributed by atoms with Crippen LogP contribution in [0.3, 0.4) is 0 Å². The highest BCUT2D eigenvalue weighted by Crippen LogP contribution is 2.20. The molecule has 0 aliphatic heterocycles. The molecule has 72 valence electrons. The topological polar surface area (TPSA) is 67.2 Å². The number of carbonyl (C=O) groups is 1. The van der Waals surface area contributed by atoms with Crippen LogP contribution in [-0.4, -0.2) is 12.6 Å². The highest BCUT2D eigenvalue weighted by Gasteiger charge is 2.05. The molecule has 1 heterocycles. The Morgan fingerprint density at radius 2 is 2.46 bits per heavy atom. The maximum Gasteiger partial charge on any atom is 0.319 e. The molecule has 0 unspecified atom stereocenters. The molecule has 5 heteroatoms. The molecule has 0 radical (unpaired) electrons. The zero-order chi connectivity index (χ0) is 9.68. The molecule has 1 aromatic rings. The Hall–Kier alpha value is -1.07. The maximum absolute atomic E-state index is 11.1. The van der Waals surface area contributed by atoms with Crippen LogP contribution >= 0.6 is 11.3 Å². The van der Waals surface area contributed by atoms with Gasteiger partial charge in [0, 0.05) is 18.0 Å². The van der Waals surface area contributed by atoms with Crippen molar-refractivity contribution in [2.24, 2.45) is 5.73 Å². The number of urea groups is 1. The van der Waals surface area contributed by atoms with E-state index in [-0.39, 0.29) is 6.03 Å². The van der Waals surface area contributed by atoms with Gasteiger partial charge in [-0.1, -0.05) is 0 Å². The number of amides is 2. The van der Waals surface area contributed by atoms with Gasteiger partial charge in [-0.2, -0.15) is 0 Å². The van der Waals surface area contributed by atoms with Crippen molar-refractivity contribution in [1.29, 1.82) is 0 Å².